The monoisotopic (exact) mass is 404 g/mol. The van der Waals surface area contributed by atoms with E-state index in [0.717, 1.165) is 48.9 Å². The number of hydrogen-bond acceptors (Lipinski definition) is 2. The van der Waals surface area contributed by atoms with Crippen molar-refractivity contribution >= 4 is 0 Å². The van der Waals surface area contributed by atoms with E-state index in [0.29, 0.717) is 22.7 Å². The molecule has 0 aromatic carbocycles. The second kappa shape index (κ2) is 8.12. The van der Waals surface area contributed by atoms with Crippen LogP contribution in [-0.2, 0) is 0 Å². The lowest BCUT2D eigenvalue weighted by atomic mass is 9.44. The van der Waals surface area contributed by atoms with Gasteiger partial charge in [0.2, 0.25) is 0 Å². The molecule has 4 rings (SSSR count). The number of aliphatic hydroxyl groups is 2. The van der Waals surface area contributed by atoms with E-state index in [9.17, 15) is 10.2 Å². The van der Waals surface area contributed by atoms with Crippen LogP contribution in [0.3, 0.4) is 0 Å². The van der Waals surface area contributed by atoms with Crippen molar-refractivity contribution in [3.8, 4) is 0 Å². The molecule has 0 spiro atoms. The van der Waals surface area contributed by atoms with Gasteiger partial charge in [-0.2, -0.15) is 0 Å². The maximum Gasteiger partial charge on any atom is 0.0579 e. The molecule has 2 heteroatoms. The average molecular weight is 405 g/mol. The predicted molar refractivity (Wildman–Crippen MR) is 120 cm³/mol. The molecule has 0 amide bonds. The number of aliphatic hydroxyl groups excluding tert-OH is 2. The average Bonchev–Trinajstić information content (AvgIpc) is 2.92. The van der Waals surface area contributed by atoms with Crippen LogP contribution in [0, 0.1) is 52.3 Å². The summed E-state index contributed by atoms with van der Waals surface area (Å²) < 4.78 is 0. The van der Waals surface area contributed by atoms with Crippen LogP contribution in [0.15, 0.2) is 0 Å². The van der Waals surface area contributed by atoms with Crippen LogP contribution < -0.4 is 0 Å². The molecule has 29 heavy (non-hydrogen) atoms. The van der Waals surface area contributed by atoms with Crippen molar-refractivity contribution in [2.45, 2.75) is 117 Å². The lowest BCUT2D eigenvalue weighted by Crippen LogP contribution is -2.54. The quantitative estimate of drug-likeness (QED) is 0.553. The van der Waals surface area contributed by atoms with Gasteiger partial charge in [-0.15, -0.1) is 0 Å². The smallest absolute Gasteiger partial charge is 0.0579 e. The molecule has 0 aliphatic heterocycles. The van der Waals surface area contributed by atoms with E-state index in [4.69, 9.17) is 0 Å². The van der Waals surface area contributed by atoms with Crippen molar-refractivity contribution in [3.63, 3.8) is 0 Å². The first-order valence-electron chi connectivity index (χ1n) is 13.0. The summed E-state index contributed by atoms with van der Waals surface area (Å²) in [5.41, 5.74) is 0.782. The molecule has 10 atom stereocenters. The number of hydrogen-bond donors (Lipinski definition) is 2. The van der Waals surface area contributed by atoms with E-state index in [1.807, 2.05) is 0 Å². The largest absolute Gasteiger partial charge is 0.393 e. The van der Waals surface area contributed by atoms with Crippen LogP contribution >= 0.6 is 0 Å². The van der Waals surface area contributed by atoms with E-state index in [-0.39, 0.29) is 12.2 Å². The minimum Gasteiger partial charge on any atom is -0.393 e. The first kappa shape index (κ1) is 22.1. The van der Waals surface area contributed by atoms with Crippen molar-refractivity contribution < 1.29 is 10.2 Å². The van der Waals surface area contributed by atoms with E-state index >= 15 is 0 Å². The van der Waals surface area contributed by atoms with Crippen LogP contribution in [0.25, 0.3) is 0 Å². The molecule has 0 bridgehead atoms. The second-order valence-electron chi connectivity index (χ2n) is 12.8. The summed E-state index contributed by atoms with van der Waals surface area (Å²) in [6.45, 7) is 12.2. The lowest BCUT2D eigenvalue weighted by molar-refractivity contribution is -0.130. The van der Waals surface area contributed by atoms with Crippen molar-refractivity contribution in [1.82, 2.24) is 0 Å². The Morgan fingerprint density at radius 1 is 0.828 bits per heavy atom. The Bertz CT molecular complexity index is 573. The third kappa shape index (κ3) is 3.73. The molecule has 168 valence electrons. The van der Waals surface area contributed by atoms with Crippen LogP contribution in [0.1, 0.15) is 105 Å². The molecule has 1 unspecified atom stereocenters. The van der Waals surface area contributed by atoms with Gasteiger partial charge in [0.1, 0.15) is 0 Å². The molecular formula is C27H48O2. The molecule has 4 saturated carbocycles. The highest BCUT2D eigenvalue weighted by molar-refractivity contribution is 5.11. The Morgan fingerprint density at radius 2 is 1.55 bits per heavy atom. The van der Waals surface area contributed by atoms with Crippen LogP contribution in [-0.4, -0.2) is 22.4 Å². The summed E-state index contributed by atoms with van der Waals surface area (Å²) in [5.74, 6) is 5.03. The molecule has 0 heterocycles. The normalized spacial score (nSPS) is 50.7. The van der Waals surface area contributed by atoms with E-state index in [1.165, 1.54) is 51.4 Å². The molecular weight excluding hydrogens is 356 g/mol. The molecule has 4 aliphatic carbocycles. The van der Waals surface area contributed by atoms with Gasteiger partial charge in [0.25, 0.3) is 0 Å². The minimum atomic E-state index is -0.0866. The summed E-state index contributed by atoms with van der Waals surface area (Å²) in [6, 6.07) is 0. The van der Waals surface area contributed by atoms with Gasteiger partial charge in [0.05, 0.1) is 12.2 Å². The molecule has 0 aromatic heterocycles. The maximum absolute atomic E-state index is 11.3. The van der Waals surface area contributed by atoms with E-state index in [1.54, 1.807) is 0 Å². The fraction of sp³-hybridized carbons (Fsp3) is 1.00. The molecule has 2 N–H and O–H groups in total. The number of rotatable bonds is 5. The van der Waals surface area contributed by atoms with E-state index in [2.05, 4.69) is 34.6 Å². The summed E-state index contributed by atoms with van der Waals surface area (Å²) in [7, 11) is 0. The molecule has 2 nitrogen and oxygen atoms in total. The summed E-state index contributed by atoms with van der Waals surface area (Å²) in [5, 5.41) is 21.5. The Kier molecular flexibility index (Phi) is 6.19. The first-order chi connectivity index (χ1) is 13.7. The lowest BCUT2D eigenvalue weighted by Gasteiger charge is -2.61. The topological polar surface area (TPSA) is 40.5 Å². The highest BCUT2D eigenvalue weighted by Gasteiger charge is 2.62. The van der Waals surface area contributed by atoms with Gasteiger partial charge in [-0.1, -0.05) is 53.9 Å². The fourth-order valence-corrected chi connectivity index (χ4v) is 9.34. The van der Waals surface area contributed by atoms with Gasteiger partial charge in [-0.25, -0.2) is 0 Å². The highest BCUT2D eigenvalue weighted by atomic mass is 16.3. The maximum atomic E-state index is 11.3. The Hall–Kier alpha value is -0.0800. The van der Waals surface area contributed by atoms with E-state index < -0.39 is 0 Å². The molecule has 0 radical (unpaired) electrons. The zero-order valence-electron chi connectivity index (χ0n) is 19.9. The Balaban J connectivity index is 1.50. The van der Waals surface area contributed by atoms with Gasteiger partial charge in [-0.05, 0) is 104 Å². The molecule has 4 fully saturated rings. The van der Waals surface area contributed by atoms with Gasteiger partial charge in [-0.3, -0.25) is 0 Å². The summed E-state index contributed by atoms with van der Waals surface area (Å²) in [4.78, 5) is 0. The van der Waals surface area contributed by atoms with Gasteiger partial charge in [0, 0.05) is 0 Å². The predicted octanol–water partition coefficient (Wildman–Crippen LogP) is 6.44. The van der Waals surface area contributed by atoms with Crippen molar-refractivity contribution in [3.05, 3.63) is 0 Å². The number of fused-ring (bicyclic) bond motifs is 5. The SMILES string of the molecule is CC(C)CCC[C@@H](C)[C@H]1[C@H](O)C[C@H]2[C@@H]3CCC4C[C@@H](O)CC[C@]4(C)[C@H]3CC[C@]12C. The summed E-state index contributed by atoms with van der Waals surface area (Å²) in [6.07, 6.45) is 13.5. The Labute approximate surface area is 180 Å². The van der Waals surface area contributed by atoms with Crippen LogP contribution in [0.2, 0.25) is 0 Å². The molecule has 0 aromatic rings. The zero-order valence-corrected chi connectivity index (χ0v) is 19.9. The molecule has 4 aliphatic rings. The van der Waals surface area contributed by atoms with Crippen molar-refractivity contribution in [1.29, 1.82) is 0 Å². The summed E-state index contributed by atoms with van der Waals surface area (Å²) >= 11 is 0. The van der Waals surface area contributed by atoms with Crippen molar-refractivity contribution in [2.75, 3.05) is 0 Å². The zero-order chi connectivity index (χ0) is 21.0. The van der Waals surface area contributed by atoms with Gasteiger partial charge in [0.15, 0.2) is 0 Å². The second-order valence-corrected chi connectivity index (χ2v) is 12.8. The van der Waals surface area contributed by atoms with Crippen molar-refractivity contribution in [2.24, 2.45) is 52.3 Å². The first-order valence-corrected chi connectivity index (χ1v) is 13.0. The standard InChI is InChI=1S/C27H48O2/c1-17(2)7-6-8-18(3)25-24(29)16-23-21-10-9-19-15-20(28)11-13-26(19,4)22(21)12-14-27(23,25)5/h17-25,28-29H,6-16H2,1-5H3/t18-,19?,20+,21-,22+,23+,24-,25+,26+,27+/m1/s1. The fourth-order valence-electron chi connectivity index (χ4n) is 9.34. The van der Waals surface area contributed by atoms with Gasteiger partial charge < -0.3 is 10.2 Å². The third-order valence-electron chi connectivity index (χ3n) is 10.8. The van der Waals surface area contributed by atoms with Gasteiger partial charge >= 0.3 is 0 Å². The Morgan fingerprint density at radius 3 is 2.28 bits per heavy atom. The highest BCUT2D eigenvalue weighted by Crippen LogP contribution is 2.68. The molecule has 0 saturated heterocycles. The minimum absolute atomic E-state index is 0.0529. The third-order valence-corrected chi connectivity index (χ3v) is 10.8. The van der Waals surface area contributed by atoms with Crippen LogP contribution in [0.5, 0.6) is 0 Å². The van der Waals surface area contributed by atoms with Crippen LogP contribution in [0.4, 0.5) is 0 Å².